The monoisotopic (exact) mass is 485 g/mol. The second kappa shape index (κ2) is 8.65. The number of amides is 2. The molecule has 1 atom stereocenters. The lowest BCUT2D eigenvalue weighted by atomic mass is 9.92. The molecule has 2 aromatic rings. The number of sulfone groups is 1. The van der Waals surface area contributed by atoms with E-state index in [2.05, 4.69) is 15.5 Å². The molecule has 9 nitrogen and oxygen atoms in total. The highest BCUT2D eigenvalue weighted by molar-refractivity contribution is 7.91. The quantitative estimate of drug-likeness (QED) is 0.714. The molecule has 4 rings (SSSR count). The number of carbonyl (C=O) groups excluding carboxylic acids is 2. The van der Waals surface area contributed by atoms with Gasteiger partial charge in [0.05, 0.1) is 28.9 Å². The first-order valence-electron chi connectivity index (χ1n) is 11.4. The van der Waals surface area contributed by atoms with Crippen molar-refractivity contribution in [2.24, 2.45) is 5.10 Å². The molecule has 182 valence electrons. The summed E-state index contributed by atoms with van der Waals surface area (Å²) in [6.07, 6.45) is 0.851. The minimum Gasteiger partial charge on any atom is -0.306 e. The third-order valence-corrected chi connectivity index (χ3v) is 7.94. The van der Waals surface area contributed by atoms with E-state index in [0.717, 1.165) is 16.8 Å². The van der Waals surface area contributed by atoms with E-state index in [1.54, 1.807) is 10.7 Å². The lowest BCUT2D eigenvalue weighted by molar-refractivity contribution is -0.118. The average molecular weight is 486 g/mol. The first-order chi connectivity index (χ1) is 15.8. The lowest BCUT2D eigenvalue weighted by Gasteiger charge is -2.25. The van der Waals surface area contributed by atoms with E-state index >= 15 is 0 Å². The molecule has 1 saturated heterocycles. The molecule has 2 aliphatic heterocycles. The Morgan fingerprint density at radius 1 is 1.15 bits per heavy atom. The van der Waals surface area contributed by atoms with E-state index in [1.807, 2.05) is 52.8 Å². The smallest absolute Gasteiger partial charge is 0.273 e. The predicted molar refractivity (Wildman–Crippen MR) is 132 cm³/mol. The van der Waals surface area contributed by atoms with Crippen LogP contribution in [0.25, 0.3) is 0 Å². The molecule has 3 heterocycles. The molecule has 1 unspecified atom stereocenters. The maximum absolute atomic E-state index is 13.2. The third-order valence-electron chi connectivity index (χ3n) is 6.19. The molecule has 0 aliphatic carbocycles. The van der Waals surface area contributed by atoms with Gasteiger partial charge in [0.2, 0.25) is 5.91 Å². The van der Waals surface area contributed by atoms with Gasteiger partial charge in [0.1, 0.15) is 11.5 Å². The number of carbonyl (C=O) groups is 2. The summed E-state index contributed by atoms with van der Waals surface area (Å²) in [5, 5.41) is 13.3. The van der Waals surface area contributed by atoms with Crippen LogP contribution in [0.15, 0.2) is 29.4 Å². The SMILES string of the molecule is Cc1ccc(C)c(N2N=C(C(=O)Nc3cc(C(C)(C)C)nn3C3CCS(=O)(=O)C3)CCC2=O)c1. The molecule has 0 saturated carbocycles. The topological polar surface area (TPSA) is 114 Å². The minimum absolute atomic E-state index is 0.00298. The van der Waals surface area contributed by atoms with Crippen LogP contribution in [0.3, 0.4) is 0 Å². The van der Waals surface area contributed by atoms with Crippen molar-refractivity contribution in [2.75, 3.05) is 21.8 Å². The number of aryl methyl sites for hydroxylation is 2. The molecule has 34 heavy (non-hydrogen) atoms. The fraction of sp³-hybridized carbons (Fsp3) is 0.500. The molecule has 2 aliphatic rings. The number of anilines is 2. The molecular formula is C24H31N5O4S. The van der Waals surface area contributed by atoms with E-state index in [-0.39, 0.29) is 47.4 Å². The number of rotatable bonds is 4. The zero-order valence-corrected chi connectivity index (χ0v) is 21.1. The summed E-state index contributed by atoms with van der Waals surface area (Å²) in [5.74, 6) is -0.0477. The van der Waals surface area contributed by atoms with Crippen molar-refractivity contribution in [1.82, 2.24) is 9.78 Å². The second-order valence-corrected chi connectivity index (χ2v) is 12.4. The Morgan fingerprint density at radius 3 is 2.53 bits per heavy atom. The Morgan fingerprint density at radius 2 is 1.88 bits per heavy atom. The number of nitrogens with one attached hydrogen (secondary N) is 1. The second-order valence-electron chi connectivity index (χ2n) is 10.2. The zero-order valence-electron chi connectivity index (χ0n) is 20.3. The van der Waals surface area contributed by atoms with Gasteiger partial charge in [-0.2, -0.15) is 10.2 Å². The summed E-state index contributed by atoms with van der Waals surface area (Å²) in [4.78, 5) is 25.8. The van der Waals surface area contributed by atoms with Crippen molar-refractivity contribution in [3.63, 3.8) is 0 Å². The summed E-state index contributed by atoms with van der Waals surface area (Å²) in [5.41, 5.74) is 3.25. The van der Waals surface area contributed by atoms with Gasteiger partial charge in [-0.3, -0.25) is 9.59 Å². The van der Waals surface area contributed by atoms with E-state index in [9.17, 15) is 18.0 Å². The molecule has 1 aromatic heterocycles. The molecule has 1 aromatic carbocycles. The number of aromatic nitrogens is 2. The van der Waals surface area contributed by atoms with Crippen LogP contribution in [0.4, 0.5) is 11.5 Å². The van der Waals surface area contributed by atoms with Crippen LogP contribution in [-0.2, 0) is 24.8 Å². The van der Waals surface area contributed by atoms with Gasteiger partial charge in [0, 0.05) is 24.3 Å². The van der Waals surface area contributed by atoms with Gasteiger partial charge in [-0.15, -0.1) is 0 Å². The van der Waals surface area contributed by atoms with Crippen LogP contribution < -0.4 is 10.3 Å². The normalized spacial score (nSPS) is 20.4. The summed E-state index contributed by atoms with van der Waals surface area (Å²) in [7, 11) is -3.13. The number of benzene rings is 1. The Kier molecular flexibility index (Phi) is 6.14. The van der Waals surface area contributed by atoms with Crippen molar-refractivity contribution >= 4 is 38.9 Å². The van der Waals surface area contributed by atoms with Gasteiger partial charge < -0.3 is 5.32 Å². The highest BCUT2D eigenvalue weighted by Crippen LogP contribution is 2.31. The van der Waals surface area contributed by atoms with Crippen LogP contribution in [0.1, 0.15) is 62.9 Å². The summed E-state index contributed by atoms with van der Waals surface area (Å²) >= 11 is 0. The maximum atomic E-state index is 13.2. The summed E-state index contributed by atoms with van der Waals surface area (Å²) in [6.45, 7) is 9.86. The summed E-state index contributed by atoms with van der Waals surface area (Å²) < 4.78 is 25.8. The Bertz CT molecular complexity index is 1290. The molecule has 2 amide bonds. The Labute approximate surface area is 200 Å². The first-order valence-corrected chi connectivity index (χ1v) is 13.3. The molecule has 0 spiro atoms. The molecule has 1 N–H and O–H groups in total. The zero-order chi connectivity index (χ0) is 24.8. The lowest BCUT2D eigenvalue weighted by Crippen LogP contribution is -2.37. The predicted octanol–water partition coefficient (Wildman–Crippen LogP) is 3.28. The summed E-state index contributed by atoms with van der Waals surface area (Å²) in [6, 6.07) is 7.21. The van der Waals surface area contributed by atoms with Crippen molar-refractivity contribution in [1.29, 1.82) is 0 Å². The van der Waals surface area contributed by atoms with Crippen molar-refractivity contribution in [2.45, 2.75) is 65.3 Å². The average Bonchev–Trinajstić information content (AvgIpc) is 3.33. The molecule has 0 bridgehead atoms. The van der Waals surface area contributed by atoms with Crippen LogP contribution >= 0.6 is 0 Å². The van der Waals surface area contributed by atoms with Gasteiger partial charge in [0.15, 0.2) is 9.84 Å². The standard InChI is InChI=1S/C24H31N5O4S/c1-15-6-7-16(2)19(12-15)29-22(30)9-8-18(26-29)23(31)25-21-13-20(24(3,4)5)27-28(21)17-10-11-34(32,33)14-17/h6-7,12-13,17H,8-11,14H2,1-5H3,(H,25,31). The molecular weight excluding hydrogens is 454 g/mol. The van der Waals surface area contributed by atoms with Crippen LogP contribution in [0, 0.1) is 13.8 Å². The van der Waals surface area contributed by atoms with Gasteiger partial charge in [-0.1, -0.05) is 32.9 Å². The van der Waals surface area contributed by atoms with Gasteiger partial charge in [-0.05, 0) is 37.5 Å². The van der Waals surface area contributed by atoms with E-state index < -0.39 is 15.7 Å². The minimum atomic E-state index is -3.13. The van der Waals surface area contributed by atoms with Gasteiger partial charge in [-0.25, -0.2) is 18.1 Å². The first kappa shape index (κ1) is 24.1. The van der Waals surface area contributed by atoms with Crippen LogP contribution in [0.5, 0.6) is 0 Å². The fourth-order valence-electron chi connectivity index (χ4n) is 4.14. The van der Waals surface area contributed by atoms with Crippen molar-refractivity contribution in [3.8, 4) is 0 Å². The van der Waals surface area contributed by atoms with Gasteiger partial charge in [0.25, 0.3) is 5.91 Å². The van der Waals surface area contributed by atoms with E-state index in [1.165, 1.54) is 5.01 Å². The van der Waals surface area contributed by atoms with Crippen molar-refractivity contribution < 1.29 is 18.0 Å². The van der Waals surface area contributed by atoms with Crippen LogP contribution in [-0.4, -0.2) is 47.2 Å². The number of nitrogens with zero attached hydrogens (tertiary/aromatic N) is 4. The molecule has 1 fully saturated rings. The molecule has 10 heteroatoms. The third kappa shape index (κ3) is 4.91. The van der Waals surface area contributed by atoms with Crippen LogP contribution in [0.2, 0.25) is 0 Å². The Balaban J connectivity index is 1.65. The fourth-order valence-corrected chi connectivity index (χ4v) is 5.83. The highest BCUT2D eigenvalue weighted by atomic mass is 32.2. The van der Waals surface area contributed by atoms with E-state index in [4.69, 9.17) is 0 Å². The number of hydrogen-bond acceptors (Lipinski definition) is 6. The van der Waals surface area contributed by atoms with E-state index in [0.29, 0.717) is 17.9 Å². The number of hydrogen-bond donors (Lipinski definition) is 1. The van der Waals surface area contributed by atoms with Gasteiger partial charge >= 0.3 is 0 Å². The van der Waals surface area contributed by atoms with Crippen molar-refractivity contribution in [3.05, 3.63) is 41.1 Å². The largest absolute Gasteiger partial charge is 0.306 e. The maximum Gasteiger partial charge on any atom is 0.273 e. The number of hydrazone groups is 1. The highest BCUT2D eigenvalue weighted by Gasteiger charge is 2.34. The Hall–Kier alpha value is -3.01. The molecule has 0 radical (unpaired) electrons.